The molecule has 106 valence electrons. The molecule has 0 radical (unpaired) electrons. The number of aliphatic carboxylic acids is 1. The maximum absolute atomic E-state index is 11.7. The van der Waals surface area contributed by atoms with Crippen molar-refractivity contribution < 1.29 is 19.1 Å². The van der Waals surface area contributed by atoms with E-state index in [1.165, 1.54) is 6.92 Å². The number of carboxylic acids is 1. The van der Waals surface area contributed by atoms with Gasteiger partial charge in [-0.15, -0.1) is 0 Å². The average molecular weight is 275 g/mol. The minimum Gasteiger partial charge on any atom is -0.546 e. The predicted molar refractivity (Wildman–Crippen MR) is 71.8 cm³/mol. The van der Waals surface area contributed by atoms with Crippen molar-refractivity contribution in [3.63, 3.8) is 0 Å². The lowest BCUT2D eigenvalue weighted by atomic mass is 10.0. The predicted octanol–water partition coefficient (Wildman–Crippen LogP) is 1.24. The van der Waals surface area contributed by atoms with Crippen LogP contribution in [0.1, 0.15) is 23.6 Å². The first kappa shape index (κ1) is 14.1. The van der Waals surface area contributed by atoms with Gasteiger partial charge in [-0.25, -0.2) is 4.79 Å². The van der Waals surface area contributed by atoms with Crippen LogP contribution in [0.3, 0.4) is 0 Å². The van der Waals surface area contributed by atoms with Crippen molar-refractivity contribution in [1.82, 2.24) is 0 Å². The summed E-state index contributed by atoms with van der Waals surface area (Å²) in [5.41, 5.74) is 2.02. The number of fused-ring (bicyclic) bond motifs is 1. The van der Waals surface area contributed by atoms with Crippen LogP contribution in [0.2, 0.25) is 0 Å². The maximum atomic E-state index is 11.7. The number of carbonyl (C=O) groups excluding carboxylic acids is 1. The lowest BCUT2D eigenvalue weighted by molar-refractivity contribution is -0.312. The fraction of sp³-hybridized carbons (Fsp3) is 0.333. The molecular weight excluding hydrogens is 260 g/mol. The highest BCUT2D eigenvalue weighted by atomic mass is 16.5. The summed E-state index contributed by atoms with van der Waals surface area (Å²) in [6.07, 6.45) is -1.08. The van der Waals surface area contributed by atoms with Crippen LogP contribution in [0.25, 0.3) is 11.0 Å². The average Bonchev–Trinajstić information content (AvgIpc) is 2.40. The molecule has 0 spiro atoms. The first-order valence-corrected chi connectivity index (χ1v) is 6.24. The molecule has 20 heavy (non-hydrogen) atoms. The van der Waals surface area contributed by atoms with E-state index in [2.05, 4.69) is 0 Å². The molecule has 1 atom stereocenters. The van der Waals surface area contributed by atoms with Crippen molar-refractivity contribution in [2.75, 3.05) is 0 Å². The van der Waals surface area contributed by atoms with Gasteiger partial charge in [0.25, 0.3) is 0 Å². The Morgan fingerprint density at radius 3 is 2.45 bits per heavy atom. The fourth-order valence-electron chi connectivity index (χ4n) is 1.99. The smallest absolute Gasteiger partial charge is 0.339 e. The van der Waals surface area contributed by atoms with Gasteiger partial charge in [-0.05, 0) is 45.4 Å². The molecule has 0 N–H and O–H groups in total. The van der Waals surface area contributed by atoms with Crippen LogP contribution in [-0.4, -0.2) is 12.1 Å². The van der Waals surface area contributed by atoms with E-state index in [-0.39, 0.29) is 0 Å². The first-order chi connectivity index (χ1) is 9.32. The van der Waals surface area contributed by atoms with Gasteiger partial charge in [0.15, 0.2) is 0 Å². The normalized spacial score (nSPS) is 12.4. The van der Waals surface area contributed by atoms with E-state index in [0.29, 0.717) is 22.5 Å². The Hall–Kier alpha value is -2.30. The highest BCUT2D eigenvalue weighted by molar-refractivity contribution is 5.85. The van der Waals surface area contributed by atoms with Crippen LogP contribution in [0, 0.1) is 20.8 Å². The monoisotopic (exact) mass is 275 g/mol. The number of benzene rings is 1. The van der Waals surface area contributed by atoms with E-state index in [9.17, 15) is 14.7 Å². The van der Waals surface area contributed by atoms with Crippen LogP contribution in [0.15, 0.2) is 21.3 Å². The van der Waals surface area contributed by atoms with Crippen molar-refractivity contribution in [3.8, 4) is 5.75 Å². The second-order valence-corrected chi connectivity index (χ2v) is 4.78. The van der Waals surface area contributed by atoms with Gasteiger partial charge in [0.1, 0.15) is 17.4 Å². The second kappa shape index (κ2) is 5.00. The SMILES string of the molecule is Cc1c(C)c2ccc(O[C@@H](C)C(=O)[O-])c(C)c2oc1=O. The van der Waals surface area contributed by atoms with E-state index in [1.54, 1.807) is 26.0 Å². The standard InChI is InChI=1S/C15H16O5/c1-7-8(2)15(18)20-13-9(3)12(6-5-11(7)13)19-10(4)14(16)17/h5-6,10H,1-4H3,(H,16,17)/p-1/t10-/m0/s1. The van der Waals surface area contributed by atoms with Crippen molar-refractivity contribution in [3.05, 3.63) is 39.2 Å². The molecule has 1 aromatic heterocycles. The fourth-order valence-corrected chi connectivity index (χ4v) is 1.99. The van der Waals surface area contributed by atoms with Crippen LogP contribution >= 0.6 is 0 Å². The Labute approximate surface area is 115 Å². The van der Waals surface area contributed by atoms with Gasteiger partial charge in [-0.1, -0.05) is 0 Å². The van der Waals surface area contributed by atoms with E-state index in [0.717, 1.165) is 10.9 Å². The van der Waals surface area contributed by atoms with Gasteiger partial charge in [0.2, 0.25) is 0 Å². The van der Waals surface area contributed by atoms with Gasteiger partial charge in [0.05, 0.1) is 5.97 Å². The third-order valence-corrected chi connectivity index (χ3v) is 3.46. The van der Waals surface area contributed by atoms with Gasteiger partial charge in [-0.3, -0.25) is 0 Å². The number of carboxylic acid groups (broad SMARTS) is 1. The molecule has 0 unspecified atom stereocenters. The van der Waals surface area contributed by atoms with E-state index in [1.807, 2.05) is 6.92 Å². The zero-order valence-electron chi connectivity index (χ0n) is 11.8. The molecule has 0 fully saturated rings. The highest BCUT2D eigenvalue weighted by Crippen LogP contribution is 2.29. The van der Waals surface area contributed by atoms with Gasteiger partial charge < -0.3 is 19.1 Å². The van der Waals surface area contributed by atoms with E-state index >= 15 is 0 Å². The molecular formula is C15H15O5-. The summed E-state index contributed by atoms with van der Waals surface area (Å²) in [5.74, 6) is -0.938. The number of aryl methyl sites for hydroxylation is 2. The molecule has 2 rings (SSSR count). The summed E-state index contributed by atoms with van der Waals surface area (Å²) in [4.78, 5) is 22.5. The van der Waals surface area contributed by atoms with Gasteiger partial charge in [-0.2, -0.15) is 0 Å². The summed E-state index contributed by atoms with van der Waals surface area (Å²) in [6, 6.07) is 3.43. The summed E-state index contributed by atoms with van der Waals surface area (Å²) >= 11 is 0. The Morgan fingerprint density at radius 2 is 1.85 bits per heavy atom. The summed E-state index contributed by atoms with van der Waals surface area (Å²) in [5, 5.41) is 11.5. The lowest BCUT2D eigenvalue weighted by Gasteiger charge is -2.18. The first-order valence-electron chi connectivity index (χ1n) is 6.24. The largest absolute Gasteiger partial charge is 0.546 e. The molecule has 5 heteroatoms. The quantitative estimate of drug-likeness (QED) is 0.787. The molecule has 0 aliphatic heterocycles. The number of hydrogen-bond donors (Lipinski definition) is 0. The van der Waals surface area contributed by atoms with E-state index < -0.39 is 17.7 Å². The summed E-state index contributed by atoms with van der Waals surface area (Å²) in [7, 11) is 0. The molecule has 0 bridgehead atoms. The molecule has 0 aliphatic carbocycles. The number of carbonyl (C=O) groups is 1. The van der Waals surface area contributed by atoms with Crippen LogP contribution in [0.5, 0.6) is 5.75 Å². The molecule has 0 aliphatic rings. The van der Waals surface area contributed by atoms with Crippen LogP contribution in [-0.2, 0) is 4.79 Å². The number of ether oxygens (including phenoxy) is 1. The Kier molecular flexibility index (Phi) is 3.53. The van der Waals surface area contributed by atoms with Crippen molar-refractivity contribution >= 4 is 16.9 Å². The van der Waals surface area contributed by atoms with Crippen molar-refractivity contribution in [2.45, 2.75) is 33.8 Å². The van der Waals surface area contributed by atoms with Crippen LogP contribution < -0.4 is 15.5 Å². The number of rotatable bonds is 3. The molecule has 1 heterocycles. The Bertz CT molecular complexity index is 742. The van der Waals surface area contributed by atoms with Crippen molar-refractivity contribution in [1.29, 1.82) is 0 Å². The minimum absolute atomic E-state index is 0.362. The molecule has 5 nitrogen and oxygen atoms in total. The molecule has 0 saturated heterocycles. The maximum Gasteiger partial charge on any atom is 0.339 e. The second-order valence-electron chi connectivity index (χ2n) is 4.78. The third kappa shape index (κ3) is 2.27. The van der Waals surface area contributed by atoms with Crippen LogP contribution in [0.4, 0.5) is 0 Å². The van der Waals surface area contributed by atoms with Gasteiger partial charge in [0, 0.05) is 16.5 Å². The van der Waals surface area contributed by atoms with Crippen molar-refractivity contribution in [2.24, 2.45) is 0 Å². The Balaban J connectivity index is 2.63. The summed E-state index contributed by atoms with van der Waals surface area (Å²) in [6.45, 7) is 6.66. The topological polar surface area (TPSA) is 79.6 Å². The van der Waals surface area contributed by atoms with Gasteiger partial charge >= 0.3 is 5.63 Å². The highest BCUT2D eigenvalue weighted by Gasteiger charge is 2.14. The molecule has 0 amide bonds. The molecule has 1 aromatic carbocycles. The zero-order valence-corrected chi connectivity index (χ0v) is 11.8. The molecule has 0 saturated carbocycles. The minimum atomic E-state index is -1.30. The molecule has 2 aromatic rings. The number of hydrogen-bond acceptors (Lipinski definition) is 5. The third-order valence-electron chi connectivity index (χ3n) is 3.46. The Morgan fingerprint density at radius 1 is 1.20 bits per heavy atom. The summed E-state index contributed by atoms with van der Waals surface area (Å²) < 4.78 is 10.6. The van der Waals surface area contributed by atoms with E-state index in [4.69, 9.17) is 9.15 Å². The zero-order chi connectivity index (χ0) is 15.0. The lowest BCUT2D eigenvalue weighted by Crippen LogP contribution is -2.37.